The fraction of sp³-hybridized carbons (Fsp3) is 0.652. The van der Waals surface area contributed by atoms with Crippen LogP contribution in [0.1, 0.15) is 69.3 Å². The molecular formula is C23H37N3O4S. The first-order valence-electron chi connectivity index (χ1n) is 11.4. The SMILES string of the molecule is CCC(CC)C(=O)N1CCC(NC(=O)c2cc(S(=O)(=O)N(CC)CC)ccc2C)CC1. The van der Waals surface area contributed by atoms with Crippen LogP contribution in [0.3, 0.4) is 0 Å². The van der Waals surface area contributed by atoms with Crippen LogP contribution in [0.25, 0.3) is 0 Å². The number of hydrogen-bond donors (Lipinski definition) is 1. The highest BCUT2D eigenvalue weighted by Gasteiger charge is 2.28. The third kappa shape index (κ3) is 5.86. The van der Waals surface area contributed by atoms with Gasteiger partial charge in [-0.1, -0.05) is 33.8 Å². The first kappa shape index (κ1) is 25.3. The molecule has 1 fully saturated rings. The number of nitrogens with zero attached hydrogens (tertiary/aromatic N) is 2. The molecule has 0 saturated carbocycles. The molecule has 0 bridgehead atoms. The minimum absolute atomic E-state index is 0.0271. The van der Waals surface area contributed by atoms with Gasteiger partial charge >= 0.3 is 0 Å². The minimum atomic E-state index is -3.63. The van der Waals surface area contributed by atoms with Crippen LogP contribution in [0.15, 0.2) is 23.1 Å². The first-order valence-corrected chi connectivity index (χ1v) is 12.8. The maximum absolute atomic E-state index is 12.9. The molecule has 1 aromatic carbocycles. The summed E-state index contributed by atoms with van der Waals surface area (Å²) in [6, 6.07) is 4.69. The number of sulfonamides is 1. The van der Waals surface area contributed by atoms with Gasteiger partial charge in [-0.15, -0.1) is 0 Å². The minimum Gasteiger partial charge on any atom is -0.349 e. The second-order valence-electron chi connectivity index (χ2n) is 8.15. The summed E-state index contributed by atoms with van der Waals surface area (Å²) in [6.45, 7) is 11.5. The van der Waals surface area contributed by atoms with E-state index in [2.05, 4.69) is 5.32 Å². The molecule has 1 saturated heterocycles. The highest BCUT2D eigenvalue weighted by atomic mass is 32.2. The van der Waals surface area contributed by atoms with Crippen molar-refractivity contribution in [3.8, 4) is 0 Å². The quantitative estimate of drug-likeness (QED) is 0.625. The number of carbonyl (C=O) groups is 2. The van der Waals surface area contributed by atoms with Crippen molar-refractivity contribution in [3.63, 3.8) is 0 Å². The number of rotatable bonds is 9. The van der Waals surface area contributed by atoms with E-state index in [0.29, 0.717) is 44.6 Å². The van der Waals surface area contributed by atoms with E-state index in [1.807, 2.05) is 18.7 Å². The Morgan fingerprint density at radius 1 is 1.10 bits per heavy atom. The van der Waals surface area contributed by atoms with E-state index in [1.54, 1.807) is 32.9 Å². The molecule has 2 amide bonds. The van der Waals surface area contributed by atoms with Gasteiger partial charge in [-0.05, 0) is 50.3 Å². The van der Waals surface area contributed by atoms with E-state index in [1.165, 1.54) is 10.4 Å². The van der Waals surface area contributed by atoms with Gasteiger partial charge in [0, 0.05) is 43.7 Å². The molecule has 0 spiro atoms. The van der Waals surface area contributed by atoms with E-state index < -0.39 is 10.0 Å². The average Bonchev–Trinajstić information content (AvgIpc) is 2.75. The molecule has 2 rings (SSSR count). The molecule has 1 aliphatic heterocycles. The smallest absolute Gasteiger partial charge is 0.251 e. The zero-order valence-electron chi connectivity index (χ0n) is 19.5. The van der Waals surface area contributed by atoms with Gasteiger partial charge in [0.25, 0.3) is 5.91 Å². The van der Waals surface area contributed by atoms with E-state index in [-0.39, 0.29) is 28.7 Å². The molecule has 7 nitrogen and oxygen atoms in total. The van der Waals surface area contributed by atoms with Gasteiger partial charge in [-0.3, -0.25) is 9.59 Å². The molecule has 0 aromatic heterocycles. The number of hydrogen-bond acceptors (Lipinski definition) is 4. The average molecular weight is 452 g/mol. The molecule has 31 heavy (non-hydrogen) atoms. The lowest BCUT2D eigenvalue weighted by Crippen LogP contribution is -2.48. The Bertz CT molecular complexity index is 869. The van der Waals surface area contributed by atoms with Crippen molar-refractivity contribution in [1.82, 2.24) is 14.5 Å². The molecule has 8 heteroatoms. The van der Waals surface area contributed by atoms with Gasteiger partial charge in [-0.2, -0.15) is 4.31 Å². The van der Waals surface area contributed by atoms with Crippen LogP contribution in [-0.2, 0) is 14.8 Å². The second kappa shape index (κ2) is 11.1. The second-order valence-corrected chi connectivity index (χ2v) is 10.1. The molecule has 0 atom stereocenters. The van der Waals surface area contributed by atoms with Gasteiger partial charge in [0.2, 0.25) is 15.9 Å². The Labute approximate surface area is 187 Å². The lowest BCUT2D eigenvalue weighted by Gasteiger charge is -2.34. The fourth-order valence-electron chi connectivity index (χ4n) is 4.12. The van der Waals surface area contributed by atoms with Crippen LogP contribution in [-0.4, -0.2) is 61.7 Å². The van der Waals surface area contributed by atoms with Crippen molar-refractivity contribution >= 4 is 21.8 Å². The Balaban J connectivity index is 2.08. The predicted molar refractivity (Wildman–Crippen MR) is 122 cm³/mol. The fourth-order valence-corrected chi connectivity index (χ4v) is 5.61. The standard InChI is InChI=1S/C23H37N3O4S/c1-6-18(7-2)23(28)25-14-12-19(13-15-25)24-22(27)21-16-20(11-10-17(21)5)31(29,30)26(8-3)9-4/h10-11,16,18-19H,6-9,12-15H2,1-5H3,(H,24,27). The van der Waals surface area contributed by atoms with Gasteiger partial charge in [0.05, 0.1) is 4.90 Å². The van der Waals surface area contributed by atoms with Crippen molar-refractivity contribution in [2.75, 3.05) is 26.2 Å². The van der Waals surface area contributed by atoms with E-state index in [9.17, 15) is 18.0 Å². The van der Waals surface area contributed by atoms with Crippen molar-refractivity contribution in [2.24, 2.45) is 5.92 Å². The molecule has 0 aliphatic carbocycles. The number of amides is 2. The highest BCUT2D eigenvalue weighted by Crippen LogP contribution is 2.21. The van der Waals surface area contributed by atoms with Crippen LogP contribution in [0, 0.1) is 12.8 Å². The number of benzene rings is 1. The van der Waals surface area contributed by atoms with Crippen molar-refractivity contribution in [3.05, 3.63) is 29.3 Å². The monoisotopic (exact) mass is 451 g/mol. The topological polar surface area (TPSA) is 86.8 Å². The van der Waals surface area contributed by atoms with E-state index in [4.69, 9.17) is 0 Å². The summed E-state index contributed by atoms with van der Waals surface area (Å²) in [7, 11) is -3.63. The molecule has 1 aromatic rings. The predicted octanol–water partition coefficient (Wildman–Crippen LogP) is 3.18. The molecule has 0 unspecified atom stereocenters. The van der Waals surface area contributed by atoms with E-state index >= 15 is 0 Å². The van der Waals surface area contributed by atoms with E-state index in [0.717, 1.165) is 18.4 Å². The summed E-state index contributed by atoms with van der Waals surface area (Å²) in [4.78, 5) is 27.5. The zero-order chi connectivity index (χ0) is 23.2. The largest absolute Gasteiger partial charge is 0.349 e. The summed E-state index contributed by atoms with van der Waals surface area (Å²) < 4.78 is 27.0. The zero-order valence-corrected chi connectivity index (χ0v) is 20.3. The Hall–Kier alpha value is -1.93. The number of carbonyl (C=O) groups excluding carboxylic acids is 2. The van der Waals surface area contributed by atoms with Crippen LogP contribution in [0.2, 0.25) is 0 Å². The maximum atomic E-state index is 12.9. The summed E-state index contributed by atoms with van der Waals surface area (Å²) in [5.74, 6) is 0.0167. The van der Waals surface area contributed by atoms with Crippen LogP contribution in [0.4, 0.5) is 0 Å². The van der Waals surface area contributed by atoms with Gasteiger partial charge in [-0.25, -0.2) is 8.42 Å². The number of aryl methyl sites for hydroxylation is 1. The maximum Gasteiger partial charge on any atom is 0.251 e. The van der Waals surface area contributed by atoms with Crippen molar-refractivity contribution < 1.29 is 18.0 Å². The molecule has 0 radical (unpaired) electrons. The number of piperidine rings is 1. The highest BCUT2D eigenvalue weighted by molar-refractivity contribution is 7.89. The lowest BCUT2D eigenvalue weighted by molar-refractivity contribution is -0.136. The van der Waals surface area contributed by atoms with Gasteiger partial charge < -0.3 is 10.2 Å². The van der Waals surface area contributed by atoms with Crippen LogP contribution in [0.5, 0.6) is 0 Å². The number of likely N-dealkylation sites (tertiary alicyclic amines) is 1. The third-order valence-electron chi connectivity index (χ3n) is 6.27. The normalized spacial score (nSPS) is 15.5. The summed E-state index contributed by atoms with van der Waals surface area (Å²) in [5.41, 5.74) is 1.11. The Morgan fingerprint density at radius 2 is 1.68 bits per heavy atom. The summed E-state index contributed by atoms with van der Waals surface area (Å²) in [5, 5.41) is 3.04. The lowest BCUT2D eigenvalue weighted by atomic mass is 9.98. The van der Waals surface area contributed by atoms with Gasteiger partial charge in [0.1, 0.15) is 0 Å². The molecule has 1 heterocycles. The first-order chi connectivity index (χ1) is 14.7. The van der Waals surface area contributed by atoms with Crippen LogP contribution < -0.4 is 5.32 Å². The Morgan fingerprint density at radius 3 is 2.19 bits per heavy atom. The molecule has 1 aliphatic rings. The molecule has 1 N–H and O–H groups in total. The summed E-state index contributed by atoms with van der Waals surface area (Å²) in [6.07, 6.45) is 3.10. The summed E-state index contributed by atoms with van der Waals surface area (Å²) >= 11 is 0. The van der Waals surface area contributed by atoms with Crippen molar-refractivity contribution in [2.45, 2.75) is 71.2 Å². The Kier molecular flexibility index (Phi) is 9.06. The molecular weight excluding hydrogens is 414 g/mol. The van der Waals surface area contributed by atoms with Gasteiger partial charge in [0.15, 0.2) is 0 Å². The molecule has 174 valence electrons. The van der Waals surface area contributed by atoms with Crippen molar-refractivity contribution in [1.29, 1.82) is 0 Å². The van der Waals surface area contributed by atoms with Crippen LogP contribution >= 0.6 is 0 Å². The number of nitrogens with one attached hydrogen (secondary N) is 1. The third-order valence-corrected chi connectivity index (χ3v) is 8.32.